The number of carboxylic acid groups (broad SMARTS) is 2. The lowest BCUT2D eigenvalue weighted by molar-refractivity contribution is 0.0944. The number of carbonyl (C=O) groups excluding carboxylic acids is 1. The smallest absolute Gasteiger partial charge is 0.404 e. The maximum absolute atomic E-state index is 13.7. The summed E-state index contributed by atoms with van der Waals surface area (Å²) >= 11 is 0. The number of benzene rings is 4. The van der Waals surface area contributed by atoms with Gasteiger partial charge in [-0.1, -0.05) is 60.7 Å². The van der Waals surface area contributed by atoms with Crippen LogP contribution < -0.4 is 20.7 Å². The van der Waals surface area contributed by atoms with Crippen LogP contribution in [0.4, 0.5) is 14.0 Å². The number of aromatic nitrogens is 1. The molecule has 0 radical (unpaired) electrons. The van der Waals surface area contributed by atoms with Crippen LogP contribution in [0.15, 0.2) is 97.1 Å². The fourth-order valence-electron chi connectivity index (χ4n) is 5.21. The number of hydrogen-bond acceptors (Lipinski definition) is 4. The van der Waals surface area contributed by atoms with E-state index in [-0.39, 0.29) is 24.6 Å². The molecule has 0 bridgehead atoms. The molecule has 236 valence electrons. The normalized spacial score (nSPS) is 11.5. The highest BCUT2D eigenvalue weighted by atomic mass is 19.1. The van der Waals surface area contributed by atoms with Gasteiger partial charge >= 0.3 is 12.2 Å². The van der Waals surface area contributed by atoms with Crippen LogP contribution in [0, 0.1) is 5.82 Å². The second kappa shape index (κ2) is 14.8. The first kappa shape index (κ1) is 31.6. The molecule has 11 heteroatoms. The molecule has 5 aromatic rings. The van der Waals surface area contributed by atoms with Crippen molar-refractivity contribution in [2.75, 3.05) is 13.1 Å². The molecule has 4 aromatic carbocycles. The standard InChI is InChI=1S/C35H33FN4O6/c36-26-14-11-23(12-15-26)24-13-16-30-29(19-24)31(25-8-4-10-28(18-25)46-21-22-6-2-1-3-7-22)32(40-30)33(41)38-20-27(39-35(44)45)9-5-17-37-34(42)43/h1-4,6-8,10-16,18-19,27,37,39-40H,5,9,17,20-21H2,(H,38,41)(H,42,43)(H,44,45)/t27-/m0/s1. The van der Waals surface area contributed by atoms with Crippen molar-refractivity contribution in [1.29, 1.82) is 0 Å². The van der Waals surface area contributed by atoms with Gasteiger partial charge in [0.1, 0.15) is 23.9 Å². The fourth-order valence-corrected chi connectivity index (χ4v) is 5.21. The maximum Gasteiger partial charge on any atom is 0.404 e. The van der Waals surface area contributed by atoms with E-state index in [4.69, 9.17) is 9.84 Å². The topological polar surface area (TPSA) is 153 Å². The summed E-state index contributed by atoms with van der Waals surface area (Å²) in [6, 6.07) is 28.4. The molecule has 0 aliphatic rings. The Kier molecular flexibility index (Phi) is 10.1. The van der Waals surface area contributed by atoms with E-state index < -0.39 is 24.1 Å². The van der Waals surface area contributed by atoms with Gasteiger partial charge in [-0.2, -0.15) is 0 Å². The molecular weight excluding hydrogens is 591 g/mol. The third kappa shape index (κ3) is 8.20. The van der Waals surface area contributed by atoms with Crippen LogP contribution in [-0.4, -0.2) is 52.4 Å². The monoisotopic (exact) mass is 624 g/mol. The van der Waals surface area contributed by atoms with E-state index in [9.17, 15) is 23.9 Å². The van der Waals surface area contributed by atoms with Crippen LogP contribution in [0.2, 0.25) is 0 Å². The Bertz CT molecular complexity index is 1820. The van der Waals surface area contributed by atoms with Crippen molar-refractivity contribution < 1.29 is 33.7 Å². The van der Waals surface area contributed by atoms with E-state index in [0.717, 1.165) is 27.6 Å². The average molecular weight is 625 g/mol. The van der Waals surface area contributed by atoms with Crippen LogP contribution in [-0.2, 0) is 6.61 Å². The van der Waals surface area contributed by atoms with Crippen LogP contribution in [0.1, 0.15) is 28.9 Å². The maximum atomic E-state index is 13.7. The first-order valence-electron chi connectivity index (χ1n) is 14.7. The summed E-state index contributed by atoms with van der Waals surface area (Å²) in [6.07, 6.45) is -1.75. The van der Waals surface area contributed by atoms with Crippen molar-refractivity contribution in [1.82, 2.24) is 20.9 Å². The molecule has 46 heavy (non-hydrogen) atoms. The van der Waals surface area contributed by atoms with E-state index in [0.29, 0.717) is 36.3 Å². The summed E-state index contributed by atoms with van der Waals surface area (Å²) in [5.41, 5.74) is 4.95. The van der Waals surface area contributed by atoms with E-state index in [2.05, 4.69) is 20.9 Å². The number of nitrogens with one attached hydrogen (secondary N) is 4. The lowest BCUT2D eigenvalue weighted by Gasteiger charge is -2.18. The van der Waals surface area contributed by atoms with Gasteiger partial charge < -0.3 is 35.9 Å². The number of hydrogen-bond donors (Lipinski definition) is 6. The average Bonchev–Trinajstić information content (AvgIpc) is 3.44. The third-order valence-electron chi connectivity index (χ3n) is 7.42. The Morgan fingerprint density at radius 3 is 2.30 bits per heavy atom. The Balaban J connectivity index is 1.46. The van der Waals surface area contributed by atoms with Crippen LogP contribution in [0.25, 0.3) is 33.2 Å². The highest BCUT2D eigenvalue weighted by Gasteiger charge is 2.22. The van der Waals surface area contributed by atoms with Gasteiger partial charge in [-0.25, -0.2) is 14.0 Å². The molecule has 0 spiro atoms. The molecule has 3 amide bonds. The minimum atomic E-state index is -1.25. The van der Waals surface area contributed by atoms with Gasteiger partial charge in [0.25, 0.3) is 5.91 Å². The van der Waals surface area contributed by atoms with Gasteiger partial charge in [0, 0.05) is 35.6 Å². The van der Waals surface area contributed by atoms with Gasteiger partial charge in [0.15, 0.2) is 0 Å². The second-order valence-corrected chi connectivity index (χ2v) is 10.7. The third-order valence-corrected chi connectivity index (χ3v) is 7.42. The number of H-pyrrole nitrogens is 1. The molecule has 0 unspecified atom stereocenters. The summed E-state index contributed by atoms with van der Waals surface area (Å²) in [7, 11) is 0. The lowest BCUT2D eigenvalue weighted by atomic mass is 9.97. The Labute approximate surface area is 264 Å². The van der Waals surface area contributed by atoms with Gasteiger partial charge in [-0.3, -0.25) is 4.79 Å². The van der Waals surface area contributed by atoms with Crippen LogP contribution >= 0.6 is 0 Å². The number of amides is 3. The molecule has 0 fully saturated rings. The molecule has 0 saturated carbocycles. The molecule has 10 nitrogen and oxygen atoms in total. The molecule has 1 atom stereocenters. The van der Waals surface area contributed by atoms with Crippen molar-refractivity contribution >= 4 is 29.0 Å². The van der Waals surface area contributed by atoms with Crippen molar-refractivity contribution in [3.8, 4) is 28.0 Å². The van der Waals surface area contributed by atoms with Crippen molar-refractivity contribution in [2.24, 2.45) is 0 Å². The largest absolute Gasteiger partial charge is 0.489 e. The molecule has 0 saturated heterocycles. The van der Waals surface area contributed by atoms with E-state index in [1.807, 2.05) is 72.8 Å². The summed E-state index contributed by atoms with van der Waals surface area (Å²) in [5.74, 6) is -0.185. The summed E-state index contributed by atoms with van der Waals surface area (Å²) in [5, 5.41) is 26.3. The molecule has 0 aliphatic heterocycles. The van der Waals surface area contributed by atoms with Gasteiger partial charge in [0.2, 0.25) is 0 Å². The Hall–Kier alpha value is -5.84. The summed E-state index contributed by atoms with van der Waals surface area (Å²) < 4.78 is 19.7. The zero-order valence-corrected chi connectivity index (χ0v) is 24.8. The predicted molar refractivity (Wildman–Crippen MR) is 172 cm³/mol. The number of aromatic amines is 1. The van der Waals surface area contributed by atoms with E-state index in [1.165, 1.54) is 12.1 Å². The first-order valence-corrected chi connectivity index (χ1v) is 14.7. The van der Waals surface area contributed by atoms with Crippen LogP contribution in [0.5, 0.6) is 5.75 Å². The summed E-state index contributed by atoms with van der Waals surface area (Å²) in [4.78, 5) is 39.1. The minimum Gasteiger partial charge on any atom is -0.489 e. The number of rotatable bonds is 13. The zero-order valence-electron chi connectivity index (χ0n) is 24.8. The zero-order chi connectivity index (χ0) is 32.5. The van der Waals surface area contributed by atoms with E-state index in [1.54, 1.807) is 12.1 Å². The molecule has 0 aliphatic carbocycles. The van der Waals surface area contributed by atoms with Crippen molar-refractivity contribution in [3.63, 3.8) is 0 Å². The van der Waals surface area contributed by atoms with Crippen molar-refractivity contribution in [2.45, 2.75) is 25.5 Å². The fraction of sp³-hybridized carbons (Fsp3) is 0.171. The summed E-state index contributed by atoms with van der Waals surface area (Å²) in [6.45, 7) is 0.487. The van der Waals surface area contributed by atoms with Crippen LogP contribution in [0.3, 0.4) is 0 Å². The number of fused-ring (bicyclic) bond motifs is 1. The van der Waals surface area contributed by atoms with Gasteiger partial charge in [0.05, 0.1) is 0 Å². The number of halogens is 1. The molecular formula is C35H33FN4O6. The second-order valence-electron chi connectivity index (χ2n) is 10.7. The van der Waals surface area contributed by atoms with Crippen molar-refractivity contribution in [3.05, 3.63) is 114 Å². The SMILES string of the molecule is O=C(O)NCCC[C@@H](CNC(=O)c1[nH]c2ccc(-c3ccc(F)cc3)cc2c1-c1cccc(OCc2ccccc2)c1)NC(=O)O. The number of ether oxygens (including phenoxy) is 1. The van der Waals surface area contributed by atoms with Gasteiger partial charge in [-0.05, 0) is 71.5 Å². The Morgan fingerprint density at radius 2 is 1.57 bits per heavy atom. The molecule has 5 rings (SSSR count). The quantitative estimate of drug-likeness (QED) is 0.0809. The Morgan fingerprint density at radius 1 is 0.804 bits per heavy atom. The highest BCUT2D eigenvalue weighted by molar-refractivity contribution is 6.10. The van der Waals surface area contributed by atoms with E-state index >= 15 is 0 Å². The van der Waals surface area contributed by atoms with Gasteiger partial charge in [-0.15, -0.1) is 0 Å². The predicted octanol–water partition coefficient (Wildman–Crippen LogP) is 6.63. The molecule has 6 N–H and O–H groups in total. The molecule has 1 aromatic heterocycles. The first-order chi connectivity index (χ1) is 22.3. The number of carbonyl (C=O) groups is 3. The highest BCUT2D eigenvalue weighted by Crippen LogP contribution is 2.37. The minimum absolute atomic E-state index is 0.0198. The molecule has 1 heterocycles. The lowest BCUT2D eigenvalue weighted by Crippen LogP contribution is -2.43.